The Bertz CT molecular complexity index is 1440. The number of carbonyl (C=O) groups excluding carboxylic acids is 1. The minimum Gasteiger partial charge on any atom is -0.480 e. The number of anilines is 1. The third kappa shape index (κ3) is 6.92. The molecule has 0 fully saturated rings. The van der Waals surface area contributed by atoms with E-state index < -0.39 is 17.9 Å². The maximum absolute atomic E-state index is 12.7. The number of benzene rings is 3. The Kier molecular flexibility index (Phi) is 8.64. The van der Waals surface area contributed by atoms with E-state index in [1.165, 1.54) is 0 Å². The van der Waals surface area contributed by atoms with Crippen LogP contribution in [0.2, 0.25) is 0 Å². The first kappa shape index (κ1) is 28.5. The smallest absolute Gasteiger partial charge is 0.326 e. The molecule has 208 valence electrons. The van der Waals surface area contributed by atoms with Crippen molar-refractivity contribution in [2.75, 3.05) is 25.1 Å². The molecule has 1 aromatic heterocycles. The highest BCUT2D eigenvalue weighted by Gasteiger charge is 2.22. The largest absolute Gasteiger partial charge is 0.480 e. The molecule has 0 aliphatic carbocycles. The molecule has 0 aliphatic rings. The zero-order valence-electron chi connectivity index (χ0n) is 23.1. The summed E-state index contributed by atoms with van der Waals surface area (Å²) < 4.78 is 5.45. The number of amides is 1. The number of aliphatic carboxylic acids is 1. The van der Waals surface area contributed by atoms with Crippen LogP contribution in [-0.4, -0.2) is 58.5 Å². The first-order chi connectivity index (χ1) is 19.0. The Labute approximate surface area is 233 Å². The summed E-state index contributed by atoms with van der Waals surface area (Å²) >= 11 is 0. The lowest BCUT2D eigenvalue weighted by atomic mass is 9.86. The van der Waals surface area contributed by atoms with E-state index in [0.29, 0.717) is 29.4 Å². The highest BCUT2D eigenvalue weighted by Crippen LogP contribution is 2.25. The summed E-state index contributed by atoms with van der Waals surface area (Å²) in [7, 11) is 1.90. The van der Waals surface area contributed by atoms with E-state index in [0.717, 1.165) is 22.4 Å². The number of hydrogen-bond donors (Lipinski definition) is 3. The Balaban J connectivity index is 1.41. The molecule has 1 heterocycles. The van der Waals surface area contributed by atoms with Gasteiger partial charge in [0, 0.05) is 42.4 Å². The second-order valence-electron chi connectivity index (χ2n) is 10.7. The molecule has 1 atom stereocenters. The highest BCUT2D eigenvalue weighted by molar-refractivity contribution is 5.96. The van der Waals surface area contributed by atoms with E-state index in [1.807, 2.05) is 48.3 Å². The van der Waals surface area contributed by atoms with Gasteiger partial charge in [-0.05, 0) is 52.9 Å². The average molecular weight is 543 g/mol. The molecule has 0 spiro atoms. The number of aliphatic hydroxyl groups excluding tert-OH is 1. The van der Waals surface area contributed by atoms with Crippen molar-refractivity contribution in [3.63, 3.8) is 0 Å². The molecule has 0 aliphatic heterocycles. The molecule has 1 amide bonds. The van der Waals surface area contributed by atoms with E-state index in [9.17, 15) is 14.7 Å². The van der Waals surface area contributed by atoms with E-state index in [1.54, 1.807) is 36.4 Å². The van der Waals surface area contributed by atoms with Crippen molar-refractivity contribution in [3.8, 4) is 22.8 Å². The Morgan fingerprint density at radius 1 is 0.950 bits per heavy atom. The number of aliphatic hydroxyl groups is 1. The van der Waals surface area contributed by atoms with Crippen molar-refractivity contribution in [3.05, 3.63) is 89.5 Å². The number of hydrogen-bond acceptors (Lipinski definition) is 7. The van der Waals surface area contributed by atoms with Gasteiger partial charge in [-0.1, -0.05) is 62.3 Å². The molecule has 40 heavy (non-hydrogen) atoms. The van der Waals surface area contributed by atoms with Gasteiger partial charge in [-0.15, -0.1) is 0 Å². The number of aromatic nitrogens is 2. The van der Waals surface area contributed by atoms with Gasteiger partial charge in [0.15, 0.2) is 0 Å². The fourth-order valence-electron chi connectivity index (χ4n) is 4.18. The molecule has 0 radical (unpaired) electrons. The Hall–Kier alpha value is -4.50. The second-order valence-corrected chi connectivity index (χ2v) is 10.7. The lowest BCUT2D eigenvalue weighted by Crippen LogP contribution is -2.42. The van der Waals surface area contributed by atoms with Gasteiger partial charge in [-0.25, -0.2) is 4.79 Å². The zero-order chi connectivity index (χ0) is 28.9. The molecular weight excluding hydrogens is 508 g/mol. The summed E-state index contributed by atoms with van der Waals surface area (Å²) in [6.45, 7) is 6.87. The van der Waals surface area contributed by atoms with Crippen LogP contribution in [0.4, 0.5) is 5.69 Å². The molecule has 0 unspecified atom stereocenters. The van der Waals surface area contributed by atoms with Crippen LogP contribution in [0.1, 0.15) is 42.3 Å². The number of nitrogens with one attached hydrogen (secondary N) is 1. The summed E-state index contributed by atoms with van der Waals surface area (Å²) in [5.74, 6) is -0.763. The standard InChI is InChI=1S/C31H34N4O5/c1-31(2,3)24-13-9-22(10-14-24)28(37)32-26(30(38)39)19-20-5-7-21(8-6-20)27-33-29(40-34-27)23-11-15-25(16-12-23)35(4)17-18-36/h5-16,26,36H,17-19H2,1-4H3,(H,32,37)(H,38,39)/t26-/m0/s1. The van der Waals surface area contributed by atoms with Crippen LogP contribution < -0.4 is 10.2 Å². The predicted octanol–water partition coefficient (Wildman–Crippen LogP) is 4.56. The van der Waals surface area contributed by atoms with Gasteiger partial charge in [-0.3, -0.25) is 4.79 Å². The van der Waals surface area contributed by atoms with Crippen LogP contribution in [0.5, 0.6) is 0 Å². The van der Waals surface area contributed by atoms with Gasteiger partial charge in [0.05, 0.1) is 6.61 Å². The maximum Gasteiger partial charge on any atom is 0.326 e. The second kappa shape index (κ2) is 12.1. The fourth-order valence-corrected chi connectivity index (χ4v) is 4.18. The SMILES string of the molecule is CN(CCO)c1ccc(-c2nc(-c3ccc(C[C@H](NC(=O)c4ccc(C(C)(C)C)cc4)C(=O)O)cc3)no2)cc1. The molecular formula is C31H34N4O5. The summed E-state index contributed by atoms with van der Waals surface area (Å²) in [5.41, 5.74) is 4.64. The summed E-state index contributed by atoms with van der Waals surface area (Å²) in [6.07, 6.45) is 0.121. The Morgan fingerprint density at radius 3 is 2.15 bits per heavy atom. The summed E-state index contributed by atoms with van der Waals surface area (Å²) in [4.78, 5) is 31.1. The quantitative estimate of drug-likeness (QED) is 0.266. The molecule has 0 bridgehead atoms. The van der Waals surface area contributed by atoms with Gasteiger partial charge >= 0.3 is 5.97 Å². The van der Waals surface area contributed by atoms with Gasteiger partial charge in [0.1, 0.15) is 6.04 Å². The van der Waals surface area contributed by atoms with Gasteiger partial charge in [-0.2, -0.15) is 4.98 Å². The number of carboxylic acid groups (broad SMARTS) is 1. The van der Waals surface area contributed by atoms with E-state index in [2.05, 4.69) is 36.2 Å². The normalized spacial score (nSPS) is 12.1. The topological polar surface area (TPSA) is 129 Å². The van der Waals surface area contributed by atoms with Crippen LogP contribution in [0.3, 0.4) is 0 Å². The molecule has 3 N–H and O–H groups in total. The molecule has 9 heteroatoms. The van der Waals surface area contributed by atoms with E-state index in [-0.39, 0.29) is 18.4 Å². The van der Waals surface area contributed by atoms with Crippen molar-refractivity contribution in [1.82, 2.24) is 15.5 Å². The third-order valence-electron chi connectivity index (χ3n) is 6.68. The average Bonchev–Trinajstić information content (AvgIpc) is 3.43. The number of rotatable bonds is 10. The highest BCUT2D eigenvalue weighted by atomic mass is 16.5. The number of carbonyl (C=O) groups is 2. The zero-order valence-corrected chi connectivity index (χ0v) is 23.1. The fraction of sp³-hybridized carbons (Fsp3) is 0.290. The van der Waals surface area contributed by atoms with Crippen LogP contribution in [-0.2, 0) is 16.6 Å². The maximum atomic E-state index is 12.7. The van der Waals surface area contributed by atoms with Crippen LogP contribution in [0.15, 0.2) is 77.3 Å². The van der Waals surface area contributed by atoms with Crippen molar-refractivity contribution in [2.24, 2.45) is 0 Å². The van der Waals surface area contributed by atoms with Crippen molar-refractivity contribution < 1.29 is 24.3 Å². The molecule has 0 saturated heterocycles. The monoisotopic (exact) mass is 542 g/mol. The van der Waals surface area contributed by atoms with Crippen molar-refractivity contribution in [2.45, 2.75) is 38.6 Å². The first-order valence-electron chi connectivity index (χ1n) is 13.0. The van der Waals surface area contributed by atoms with Crippen LogP contribution in [0.25, 0.3) is 22.8 Å². The summed E-state index contributed by atoms with van der Waals surface area (Å²) in [5, 5.41) is 25.6. The molecule has 9 nitrogen and oxygen atoms in total. The van der Waals surface area contributed by atoms with Gasteiger partial charge < -0.3 is 25.0 Å². The third-order valence-corrected chi connectivity index (χ3v) is 6.68. The molecule has 4 aromatic rings. The van der Waals surface area contributed by atoms with E-state index in [4.69, 9.17) is 9.63 Å². The molecule has 0 saturated carbocycles. The van der Waals surface area contributed by atoms with Crippen LogP contribution >= 0.6 is 0 Å². The minimum atomic E-state index is -1.11. The number of carboxylic acids is 1. The Morgan fingerprint density at radius 2 is 1.57 bits per heavy atom. The minimum absolute atomic E-state index is 0.0440. The lowest BCUT2D eigenvalue weighted by Gasteiger charge is -2.19. The number of likely N-dealkylation sites (N-methyl/N-ethyl adjacent to an activating group) is 1. The summed E-state index contributed by atoms with van der Waals surface area (Å²) in [6, 6.07) is 20.9. The number of nitrogens with zero attached hydrogens (tertiary/aromatic N) is 3. The lowest BCUT2D eigenvalue weighted by molar-refractivity contribution is -0.139. The van der Waals surface area contributed by atoms with Crippen LogP contribution in [0, 0.1) is 0 Å². The van der Waals surface area contributed by atoms with Crippen molar-refractivity contribution >= 4 is 17.6 Å². The van der Waals surface area contributed by atoms with Gasteiger partial charge in [0.2, 0.25) is 5.82 Å². The van der Waals surface area contributed by atoms with E-state index >= 15 is 0 Å². The first-order valence-corrected chi connectivity index (χ1v) is 13.0. The van der Waals surface area contributed by atoms with Gasteiger partial charge in [0.25, 0.3) is 11.8 Å². The molecule has 3 aromatic carbocycles. The molecule has 4 rings (SSSR count). The predicted molar refractivity (Wildman–Crippen MR) is 153 cm³/mol. The van der Waals surface area contributed by atoms with Crippen molar-refractivity contribution in [1.29, 1.82) is 0 Å².